The van der Waals surface area contributed by atoms with Crippen molar-refractivity contribution in [2.75, 3.05) is 13.2 Å². The van der Waals surface area contributed by atoms with Crippen molar-refractivity contribution in [2.24, 2.45) is 10.7 Å². The third-order valence-corrected chi connectivity index (χ3v) is 2.77. The molecule has 6 heteroatoms. The number of hydrogen-bond acceptors (Lipinski definition) is 2. The van der Waals surface area contributed by atoms with Gasteiger partial charge in [0.1, 0.15) is 5.75 Å². The van der Waals surface area contributed by atoms with Gasteiger partial charge in [-0.25, -0.2) is 0 Å². The zero-order chi connectivity index (χ0) is 15.2. The second-order valence-electron chi connectivity index (χ2n) is 5.42. The van der Waals surface area contributed by atoms with Crippen molar-refractivity contribution in [1.82, 2.24) is 5.32 Å². The Morgan fingerprint density at radius 2 is 2.05 bits per heavy atom. The van der Waals surface area contributed by atoms with Crippen LogP contribution < -0.4 is 15.8 Å². The third kappa shape index (κ3) is 6.87. The molecule has 1 rings (SSSR count). The fourth-order valence-electron chi connectivity index (χ4n) is 1.46. The van der Waals surface area contributed by atoms with Crippen LogP contribution in [0.3, 0.4) is 0 Å². The van der Waals surface area contributed by atoms with Crippen LogP contribution >= 0.6 is 23.2 Å². The van der Waals surface area contributed by atoms with E-state index in [-0.39, 0.29) is 5.54 Å². The summed E-state index contributed by atoms with van der Waals surface area (Å²) in [5.74, 6) is 1.07. The fraction of sp³-hybridized carbons (Fsp3) is 0.500. The van der Waals surface area contributed by atoms with Crippen LogP contribution in [0.5, 0.6) is 5.75 Å². The first-order valence-corrected chi connectivity index (χ1v) is 7.19. The summed E-state index contributed by atoms with van der Waals surface area (Å²) in [4.78, 5) is 4.23. The Morgan fingerprint density at radius 1 is 1.35 bits per heavy atom. The number of nitrogens with zero attached hydrogens (tertiary/aromatic N) is 1. The molecule has 0 atom stereocenters. The van der Waals surface area contributed by atoms with E-state index in [1.165, 1.54) is 0 Å². The molecule has 1 aromatic carbocycles. The molecule has 0 fully saturated rings. The van der Waals surface area contributed by atoms with Crippen molar-refractivity contribution in [1.29, 1.82) is 0 Å². The highest BCUT2D eigenvalue weighted by Crippen LogP contribution is 2.27. The van der Waals surface area contributed by atoms with Gasteiger partial charge in [-0.1, -0.05) is 23.2 Å². The molecule has 112 valence electrons. The third-order valence-electron chi connectivity index (χ3n) is 2.24. The van der Waals surface area contributed by atoms with Gasteiger partial charge in [0.25, 0.3) is 0 Å². The maximum absolute atomic E-state index is 6.00. The van der Waals surface area contributed by atoms with Gasteiger partial charge in [-0.3, -0.25) is 4.99 Å². The number of nitrogens with one attached hydrogen (secondary N) is 1. The maximum atomic E-state index is 6.00. The van der Waals surface area contributed by atoms with Crippen molar-refractivity contribution >= 4 is 29.2 Å². The molecule has 0 amide bonds. The molecule has 0 aliphatic carbocycles. The summed E-state index contributed by atoms with van der Waals surface area (Å²) in [6.45, 7) is 7.21. The van der Waals surface area contributed by atoms with Gasteiger partial charge in [0.05, 0.1) is 11.6 Å². The molecule has 20 heavy (non-hydrogen) atoms. The summed E-state index contributed by atoms with van der Waals surface area (Å²) in [5.41, 5.74) is 5.67. The van der Waals surface area contributed by atoms with Crippen molar-refractivity contribution in [3.8, 4) is 5.75 Å². The normalized spacial score (nSPS) is 12.3. The van der Waals surface area contributed by atoms with Crippen LogP contribution in [0, 0.1) is 0 Å². The van der Waals surface area contributed by atoms with Gasteiger partial charge in [-0.15, -0.1) is 0 Å². The second-order valence-corrected chi connectivity index (χ2v) is 6.26. The van der Waals surface area contributed by atoms with Crippen LogP contribution in [0.25, 0.3) is 0 Å². The highest BCUT2D eigenvalue weighted by atomic mass is 35.5. The fourth-order valence-corrected chi connectivity index (χ4v) is 1.93. The van der Waals surface area contributed by atoms with Gasteiger partial charge in [0, 0.05) is 23.5 Å². The minimum absolute atomic E-state index is 0.0824. The first-order valence-electron chi connectivity index (χ1n) is 6.44. The van der Waals surface area contributed by atoms with Crippen molar-refractivity contribution < 1.29 is 4.74 Å². The lowest BCUT2D eigenvalue weighted by atomic mass is 10.1. The molecule has 0 spiro atoms. The molecule has 0 saturated carbocycles. The highest BCUT2D eigenvalue weighted by Gasteiger charge is 2.09. The number of hydrogen-bond donors (Lipinski definition) is 2. The summed E-state index contributed by atoms with van der Waals surface area (Å²) < 4.78 is 5.55. The Hall–Kier alpha value is -1.13. The summed E-state index contributed by atoms with van der Waals surface area (Å²) in [7, 11) is 0. The SMILES string of the molecule is CC(C)(C)NC(N)=NCCCOc1ccc(Cl)cc1Cl. The van der Waals surface area contributed by atoms with E-state index in [1.807, 2.05) is 20.8 Å². The first kappa shape index (κ1) is 16.9. The van der Waals surface area contributed by atoms with Gasteiger partial charge in [-0.05, 0) is 39.0 Å². The van der Waals surface area contributed by atoms with E-state index in [1.54, 1.807) is 18.2 Å². The summed E-state index contributed by atoms with van der Waals surface area (Å²) in [5, 5.41) is 4.19. The van der Waals surface area contributed by atoms with E-state index in [0.717, 1.165) is 6.42 Å². The minimum Gasteiger partial charge on any atom is -0.492 e. The average Bonchev–Trinajstić information content (AvgIpc) is 2.28. The molecule has 0 bridgehead atoms. The molecule has 4 nitrogen and oxygen atoms in total. The van der Waals surface area contributed by atoms with Crippen molar-refractivity contribution in [2.45, 2.75) is 32.7 Å². The van der Waals surface area contributed by atoms with Crippen LogP contribution in [0.2, 0.25) is 10.0 Å². The lowest BCUT2D eigenvalue weighted by Gasteiger charge is -2.20. The van der Waals surface area contributed by atoms with E-state index in [0.29, 0.717) is 34.9 Å². The number of rotatable bonds is 5. The molecular formula is C14H21Cl2N3O. The number of ether oxygens (including phenoxy) is 1. The largest absolute Gasteiger partial charge is 0.492 e. The summed E-state index contributed by atoms with van der Waals surface area (Å²) in [6.07, 6.45) is 0.755. The number of benzene rings is 1. The van der Waals surface area contributed by atoms with Gasteiger partial charge in [0.2, 0.25) is 0 Å². The first-order chi connectivity index (χ1) is 9.28. The Balaban J connectivity index is 2.30. The number of nitrogens with two attached hydrogens (primary N) is 1. The lowest BCUT2D eigenvalue weighted by molar-refractivity contribution is 0.313. The molecule has 0 radical (unpaired) electrons. The zero-order valence-corrected chi connectivity index (χ0v) is 13.6. The topological polar surface area (TPSA) is 59.6 Å². The van der Waals surface area contributed by atoms with Crippen LogP contribution in [-0.2, 0) is 0 Å². The molecule has 1 aromatic rings. The molecule has 3 N–H and O–H groups in total. The molecule has 0 unspecified atom stereocenters. The van der Waals surface area contributed by atoms with Gasteiger partial charge in [-0.2, -0.15) is 0 Å². The maximum Gasteiger partial charge on any atom is 0.188 e. The number of halogens is 2. The average molecular weight is 318 g/mol. The Kier molecular flexibility index (Phi) is 6.43. The standard InChI is InChI=1S/C14H21Cl2N3O/c1-14(2,3)19-13(17)18-7-4-8-20-12-6-5-10(15)9-11(12)16/h5-6,9H,4,7-8H2,1-3H3,(H3,17,18,19). The molecule has 0 aliphatic heterocycles. The van der Waals surface area contributed by atoms with E-state index >= 15 is 0 Å². The smallest absolute Gasteiger partial charge is 0.188 e. The summed E-state index contributed by atoms with van der Waals surface area (Å²) >= 11 is 11.8. The zero-order valence-electron chi connectivity index (χ0n) is 12.0. The molecule has 0 saturated heterocycles. The van der Waals surface area contributed by atoms with E-state index in [9.17, 15) is 0 Å². The van der Waals surface area contributed by atoms with Crippen LogP contribution in [0.1, 0.15) is 27.2 Å². The van der Waals surface area contributed by atoms with Crippen molar-refractivity contribution in [3.63, 3.8) is 0 Å². The number of aliphatic imine (C=N–C) groups is 1. The van der Waals surface area contributed by atoms with Gasteiger partial charge >= 0.3 is 0 Å². The van der Waals surface area contributed by atoms with Crippen LogP contribution in [-0.4, -0.2) is 24.7 Å². The highest BCUT2D eigenvalue weighted by molar-refractivity contribution is 6.35. The second kappa shape index (κ2) is 7.60. The molecule has 0 aromatic heterocycles. The number of guanidine groups is 1. The quantitative estimate of drug-likeness (QED) is 0.496. The Morgan fingerprint density at radius 3 is 2.65 bits per heavy atom. The van der Waals surface area contributed by atoms with E-state index in [4.69, 9.17) is 33.7 Å². The molecule has 0 aliphatic rings. The van der Waals surface area contributed by atoms with Gasteiger partial charge in [0.15, 0.2) is 5.96 Å². The van der Waals surface area contributed by atoms with Crippen molar-refractivity contribution in [3.05, 3.63) is 28.2 Å². The van der Waals surface area contributed by atoms with E-state index < -0.39 is 0 Å². The minimum atomic E-state index is -0.0824. The van der Waals surface area contributed by atoms with Crippen LogP contribution in [0.15, 0.2) is 23.2 Å². The molecule has 0 heterocycles. The summed E-state index contributed by atoms with van der Waals surface area (Å²) in [6, 6.07) is 5.15. The molecular weight excluding hydrogens is 297 g/mol. The monoisotopic (exact) mass is 317 g/mol. The predicted molar refractivity (Wildman–Crippen MR) is 86.0 cm³/mol. The lowest BCUT2D eigenvalue weighted by Crippen LogP contribution is -2.45. The Labute approximate surface area is 130 Å². The van der Waals surface area contributed by atoms with Gasteiger partial charge < -0.3 is 15.8 Å². The van der Waals surface area contributed by atoms with E-state index in [2.05, 4.69) is 10.3 Å². The Bertz CT molecular complexity index is 470. The van der Waals surface area contributed by atoms with Crippen LogP contribution in [0.4, 0.5) is 0 Å². The predicted octanol–water partition coefficient (Wildman–Crippen LogP) is 3.47.